The van der Waals surface area contributed by atoms with Gasteiger partial charge in [0, 0.05) is 11.6 Å². The van der Waals surface area contributed by atoms with Gasteiger partial charge in [0.05, 0.1) is 18.3 Å². The Morgan fingerprint density at radius 3 is 2.57 bits per heavy atom. The lowest BCUT2D eigenvalue weighted by atomic mass is 9.96. The van der Waals surface area contributed by atoms with E-state index in [0.29, 0.717) is 25.9 Å². The SMILES string of the molecule is CCOC(=O)/C=C(\C)CCC1OC1(C)CC/C=C(/C)C(F)(F)F. The highest BCUT2D eigenvalue weighted by Crippen LogP contribution is 2.43. The van der Waals surface area contributed by atoms with E-state index in [1.165, 1.54) is 12.2 Å². The third-order valence-corrected chi connectivity index (χ3v) is 4.03. The summed E-state index contributed by atoms with van der Waals surface area (Å²) >= 11 is 0. The van der Waals surface area contributed by atoms with Gasteiger partial charge in [-0.25, -0.2) is 4.79 Å². The van der Waals surface area contributed by atoms with Crippen LogP contribution in [0.1, 0.15) is 53.4 Å². The molecule has 0 saturated carbocycles. The molecule has 0 amide bonds. The number of allylic oxidation sites excluding steroid dienone is 3. The number of alkyl halides is 3. The fourth-order valence-electron chi connectivity index (χ4n) is 2.38. The largest absolute Gasteiger partial charge is 0.463 e. The third-order valence-electron chi connectivity index (χ3n) is 4.03. The number of hydrogen-bond donors (Lipinski definition) is 0. The monoisotopic (exact) mass is 334 g/mol. The van der Waals surface area contributed by atoms with Gasteiger partial charge in [-0.1, -0.05) is 11.6 Å². The first-order valence-corrected chi connectivity index (χ1v) is 7.84. The second-order valence-corrected chi connectivity index (χ2v) is 6.12. The molecule has 23 heavy (non-hydrogen) atoms. The van der Waals surface area contributed by atoms with Crippen LogP contribution in [0.3, 0.4) is 0 Å². The first-order chi connectivity index (χ1) is 10.6. The fourth-order valence-corrected chi connectivity index (χ4v) is 2.38. The van der Waals surface area contributed by atoms with Crippen LogP contribution in [-0.2, 0) is 14.3 Å². The Labute approximate surface area is 135 Å². The zero-order valence-electron chi connectivity index (χ0n) is 14.1. The third kappa shape index (κ3) is 6.77. The highest BCUT2D eigenvalue weighted by Gasteiger charge is 2.50. The maximum atomic E-state index is 12.4. The van der Waals surface area contributed by atoms with Crippen LogP contribution in [-0.4, -0.2) is 30.5 Å². The van der Waals surface area contributed by atoms with Gasteiger partial charge >= 0.3 is 12.1 Å². The molecular weight excluding hydrogens is 309 g/mol. The molecule has 1 rings (SSSR count). The van der Waals surface area contributed by atoms with Crippen molar-refractivity contribution in [2.45, 2.75) is 71.3 Å². The molecule has 1 saturated heterocycles. The van der Waals surface area contributed by atoms with Gasteiger partial charge in [0.2, 0.25) is 0 Å². The molecule has 0 aliphatic carbocycles. The first-order valence-electron chi connectivity index (χ1n) is 7.84. The molecule has 6 heteroatoms. The van der Waals surface area contributed by atoms with E-state index in [9.17, 15) is 18.0 Å². The van der Waals surface area contributed by atoms with E-state index in [2.05, 4.69) is 0 Å². The van der Waals surface area contributed by atoms with Crippen LogP contribution in [0.2, 0.25) is 0 Å². The van der Waals surface area contributed by atoms with Crippen LogP contribution >= 0.6 is 0 Å². The summed E-state index contributed by atoms with van der Waals surface area (Å²) in [5, 5.41) is 0. The molecule has 2 atom stereocenters. The summed E-state index contributed by atoms with van der Waals surface area (Å²) in [6.45, 7) is 6.94. The molecule has 1 aliphatic rings. The van der Waals surface area contributed by atoms with E-state index in [0.717, 1.165) is 18.9 Å². The number of hydrogen-bond acceptors (Lipinski definition) is 3. The van der Waals surface area contributed by atoms with Crippen LogP contribution < -0.4 is 0 Å². The normalized spacial score (nSPS) is 25.4. The van der Waals surface area contributed by atoms with E-state index in [-0.39, 0.29) is 17.7 Å². The summed E-state index contributed by atoms with van der Waals surface area (Å²) in [4.78, 5) is 11.3. The molecule has 0 radical (unpaired) electrons. The molecule has 1 heterocycles. The van der Waals surface area contributed by atoms with E-state index in [1.54, 1.807) is 6.92 Å². The molecule has 0 N–H and O–H groups in total. The Bertz CT molecular complexity index is 480. The van der Waals surface area contributed by atoms with Gasteiger partial charge in [-0.2, -0.15) is 13.2 Å². The molecule has 0 aromatic heterocycles. The number of ether oxygens (including phenoxy) is 2. The smallest absolute Gasteiger partial charge is 0.412 e. The van der Waals surface area contributed by atoms with Gasteiger partial charge in [0.15, 0.2) is 0 Å². The molecular formula is C17H25F3O3. The lowest BCUT2D eigenvalue weighted by Gasteiger charge is -2.08. The van der Waals surface area contributed by atoms with Crippen molar-refractivity contribution in [3.63, 3.8) is 0 Å². The topological polar surface area (TPSA) is 38.8 Å². The van der Waals surface area contributed by atoms with E-state index in [4.69, 9.17) is 9.47 Å². The maximum Gasteiger partial charge on any atom is 0.412 e. The van der Waals surface area contributed by atoms with Gasteiger partial charge in [-0.3, -0.25) is 0 Å². The molecule has 132 valence electrons. The Hall–Kier alpha value is -1.30. The minimum atomic E-state index is -4.25. The molecule has 0 spiro atoms. The van der Waals surface area contributed by atoms with Crippen molar-refractivity contribution in [1.82, 2.24) is 0 Å². The lowest BCUT2D eigenvalue weighted by Crippen LogP contribution is -2.11. The summed E-state index contributed by atoms with van der Waals surface area (Å²) in [6, 6.07) is 0. The summed E-state index contributed by atoms with van der Waals surface area (Å²) in [6.07, 6.45) is 0.833. The number of esters is 1. The Morgan fingerprint density at radius 1 is 1.35 bits per heavy atom. The summed E-state index contributed by atoms with van der Waals surface area (Å²) in [7, 11) is 0. The van der Waals surface area contributed by atoms with Gasteiger partial charge in [0.1, 0.15) is 0 Å². The van der Waals surface area contributed by atoms with Crippen LogP contribution in [0.15, 0.2) is 23.3 Å². The number of epoxide rings is 1. The van der Waals surface area contributed by atoms with E-state index in [1.807, 2.05) is 13.8 Å². The molecule has 1 fully saturated rings. The fraction of sp³-hybridized carbons (Fsp3) is 0.706. The molecule has 2 unspecified atom stereocenters. The Kier molecular flexibility index (Phi) is 6.86. The highest BCUT2D eigenvalue weighted by atomic mass is 19.4. The van der Waals surface area contributed by atoms with Crippen molar-refractivity contribution in [3.05, 3.63) is 23.3 Å². The van der Waals surface area contributed by atoms with Crippen LogP contribution in [0.5, 0.6) is 0 Å². The zero-order chi connectivity index (χ0) is 17.7. The predicted molar refractivity (Wildman–Crippen MR) is 81.9 cm³/mol. The first kappa shape index (κ1) is 19.7. The van der Waals surface area contributed by atoms with E-state index < -0.39 is 11.7 Å². The lowest BCUT2D eigenvalue weighted by molar-refractivity contribution is -0.137. The molecule has 0 bridgehead atoms. The van der Waals surface area contributed by atoms with Crippen molar-refractivity contribution in [1.29, 1.82) is 0 Å². The van der Waals surface area contributed by atoms with Crippen molar-refractivity contribution >= 4 is 5.97 Å². The minimum Gasteiger partial charge on any atom is -0.463 e. The van der Waals surface area contributed by atoms with Crippen LogP contribution in [0.4, 0.5) is 13.2 Å². The van der Waals surface area contributed by atoms with Crippen molar-refractivity contribution in [2.24, 2.45) is 0 Å². The summed E-state index contributed by atoms with van der Waals surface area (Å²) in [5.74, 6) is -0.350. The van der Waals surface area contributed by atoms with Gasteiger partial charge < -0.3 is 9.47 Å². The Morgan fingerprint density at radius 2 is 2.00 bits per heavy atom. The quantitative estimate of drug-likeness (QED) is 0.279. The second-order valence-electron chi connectivity index (χ2n) is 6.12. The Balaban J connectivity index is 2.34. The second kappa shape index (κ2) is 7.99. The van der Waals surface area contributed by atoms with Gasteiger partial charge in [-0.05, 0) is 53.4 Å². The molecule has 0 aromatic carbocycles. The average molecular weight is 334 g/mol. The minimum absolute atomic E-state index is 0.0349. The van der Waals surface area contributed by atoms with E-state index >= 15 is 0 Å². The van der Waals surface area contributed by atoms with Crippen molar-refractivity contribution < 1.29 is 27.4 Å². The van der Waals surface area contributed by atoms with Crippen molar-refractivity contribution in [3.8, 4) is 0 Å². The number of carbonyl (C=O) groups is 1. The number of carbonyl (C=O) groups excluding carboxylic acids is 1. The van der Waals surface area contributed by atoms with Gasteiger partial charge in [-0.15, -0.1) is 0 Å². The molecule has 3 nitrogen and oxygen atoms in total. The maximum absolute atomic E-state index is 12.4. The molecule has 0 aromatic rings. The predicted octanol–water partition coefficient (Wildman–Crippen LogP) is 4.72. The molecule has 1 aliphatic heterocycles. The van der Waals surface area contributed by atoms with Crippen molar-refractivity contribution in [2.75, 3.05) is 6.61 Å². The number of rotatable bonds is 8. The zero-order valence-corrected chi connectivity index (χ0v) is 14.1. The highest BCUT2D eigenvalue weighted by molar-refractivity contribution is 5.82. The number of halogens is 3. The van der Waals surface area contributed by atoms with Crippen LogP contribution in [0, 0.1) is 0 Å². The standard InChI is InChI=1S/C17H25F3O3/c1-5-22-15(21)11-12(2)8-9-14-16(4,23-14)10-6-7-13(3)17(18,19)20/h7,11,14H,5-6,8-10H2,1-4H3/b12-11+,13-7-. The summed E-state index contributed by atoms with van der Waals surface area (Å²) in [5.41, 5.74) is -0.00678. The van der Waals surface area contributed by atoms with Gasteiger partial charge in [0.25, 0.3) is 0 Å². The summed E-state index contributed by atoms with van der Waals surface area (Å²) < 4.78 is 47.6. The van der Waals surface area contributed by atoms with Crippen LogP contribution in [0.25, 0.3) is 0 Å². The average Bonchev–Trinajstić information content (AvgIpc) is 3.06.